The molecule has 0 saturated heterocycles. The molecule has 6 heteroatoms. The van der Waals surface area contributed by atoms with Gasteiger partial charge in [-0.1, -0.05) is 176 Å². The predicted octanol–water partition coefficient (Wildman–Crippen LogP) is 13.8. The summed E-state index contributed by atoms with van der Waals surface area (Å²) in [4.78, 5) is 10.7. The van der Waals surface area contributed by atoms with Crippen molar-refractivity contribution in [3.8, 4) is 5.75 Å². The molecular formula is C53H46N4OS. The van der Waals surface area contributed by atoms with Gasteiger partial charge in [0.05, 0.1) is 22.7 Å². The highest BCUT2D eigenvalue weighted by Crippen LogP contribution is 2.53. The molecule has 11 rings (SSSR count). The largest absolute Gasteiger partial charge is 0.464 e. The van der Waals surface area contributed by atoms with Crippen molar-refractivity contribution < 1.29 is 4.74 Å². The molecule has 2 unspecified atom stereocenters. The first-order valence-corrected chi connectivity index (χ1v) is 20.9. The van der Waals surface area contributed by atoms with Crippen LogP contribution < -0.4 is 24.3 Å². The highest BCUT2D eigenvalue weighted by Gasteiger charge is 2.38. The number of anilines is 6. The molecular weight excluding hydrogens is 741 g/mol. The van der Waals surface area contributed by atoms with Gasteiger partial charge in [-0.15, -0.1) is 0 Å². The Bertz CT molecular complexity index is 2420. The van der Waals surface area contributed by atoms with E-state index in [0.29, 0.717) is 5.37 Å². The second kappa shape index (κ2) is 17.3. The third-order valence-corrected chi connectivity index (χ3v) is 12.3. The van der Waals surface area contributed by atoms with E-state index in [0.717, 1.165) is 11.4 Å². The quantitative estimate of drug-likeness (QED) is 0.172. The minimum Gasteiger partial charge on any atom is -0.464 e. The van der Waals surface area contributed by atoms with E-state index in [9.17, 15) is 0 Å². The molecule has 2 atom stereocenters. The molecule has 290 valence electrons. The van der Waals surface area contributed by atoms with Crippen LogP contribution in [0.2, 0.25) is 0 Å². The van der Waals surface area contributed by atoms with Crippen LogP contribution in [-0.4, -0.2) is 14.1 Å². The van der Waals surface area contributed by atoms with Crippen LogP contribution in [0.1, 0.15) is 34.5 Å². The zero-order valence-corrected chi connectivity index (χ0v) is 34.0. The summed E-state index contributed by atoms with van der Waals surface area (Å²) in [7, 11) is 4.22. The number of nitrogens with zero attached hydrogens (tertiary/aromatic N) is 4. The molecule has 0 aliphatic carbocycles. The molecule has 0 spiro atoms. The van der Waals surface area contributed by atoms with Gasteiger partial charge in [0, 0.05) is 35.9 Å². The fraction of sp³-hybridized carbons (Fsp3) is 0.0943. The number of para-hydroxylation sites is 7. The molecule has 0 fully saturated rings. The van der Waals surface area contributed by atoms with Gasteiger partial charge in [0.15, 0.2) is 6.23 Å². The van der Waals surface area contributed by atoms with Crippen LogP contribution in [-0.2, 0) is 0 Å². The average Bonchev–Trinajstić information content (AvgIpc) is 3.97. The molecule has 3 heterocycles. The van der Waals surface area contributed by atoms with Gasteiger partial charge in [0.1, 0.15) is 17.3 Å². The normalized spacial score (nSPS) is 16.2. The molecule has 8 aromatic carbocycles. The number of thioether (sulfide) groups is 1. The first-order valence-electron chi connectivity index (χ1n) is 20.1. The molecule has 0 amide bonds. The van der Waals surface area contributed by atoms with Crippen molar-refractivity contribution in [1.82, 2.24) is 0 Å². The standard InChI is InChI=1S/C25H20N2.C14H13NO.C14H13NS/c1-4-12-20(13-5-1)25-26(21-14-6-2-7-15-21)23-18-10-11-19-24(23)27(25)22-16-8-3-9-17-22;2*1-15-12-9-5-6-10-13(12)16-14(15)11-7-3-2-4-8-11/h1-19,25H;2*2-10,14H,1H3. The highest BCUT2D eigenvalue weighted by atomic mass is 32.2. The molecule has 0 N–H and O–H groups in total. The lowest BCUT2D eigenvalue weighted by Crippen LogP contribution is -2.30. The van der Waals surface area contributed by atoms with Crippen molar-refractivity contribution in [3.63, 3.8) is 0 Å². The highest BCUT2D eigenvalue weighted by molar-refractivity contribution is 8.00. The summed E-state index contributed by atoms with van der Waals surface area (Å²) in [6.45, 7) is 0. The smallest absolute Gasteiger partial charge is 0.198 e. The Morgan fingerprint density at radius 1 is 0.373 bits per heavy atom. The number of fused-ring (bicyclic) bond motifs is 3. The summed E-state index contributed by atoms with van der Waals surface area (Å²) < 4.78 is 5.93. The average molecular weight is 787 g/mol. The van der Waals surface area contributed by atoms with Gasteiger partial charge in [-0.25, -0.2) is 0 Å². The van der Waals surface area contributed by atoms with E-state index in [2.05, 4.69) is 222 Å². The van der Waals surface area contributed by atoms with Crippen molar-refractivity contribution in [1.29, 1.82) is 0 Å². The van der Waals surface area contributed by atoms with Crippen LogP contribution in [0.3, 0.4) is 0 Å². The van der Waals surface area contributed by atoms with Gasteiger partial charge in [-0.3, -0.25) is 0 Å². The zero-order valence-electron chi connectivity index (χ0n) is 33.2. The Labute approximate surface area is 352 Å². The number of benzene rings is 8. The first kappa shape index (κ1) is 37.7. The Morgan fingerprint density at radius 3 is 1.29 bits per heavy atom. The lowest BCUT2D eigenvalue weighted by atomic mass is 10.1. The van der Waals surface area contributed by atoms with E-state index in [1.165, 1.54) is 50.0 Å². The second-order valence-corrected chi connectivity index (χ2v) is 15.7. The van der Waals surface area contributed by atoms with E-state index in [1.807, 2.05) is 48.2 Å². The van der Waals surface area contributed by atoms with Crippen LogP contribution >= 0.6 is 11.8 Å². The Hall–Kier alpha value is -6.89. The fourth-order valence-electron chi connectivity index (χ4n) is 8.08. The van der Waals surface area contributed by atoms with Crippen LogP contribution in [0.4, 0.5) is 34.1 Å². The van der Waals surface area contributed by atoms with Gasteiger partial charge in [0.2, 0.25) is 0 Å². The third kappa shape index (κ3) is 7.75. The molecule has 0 aromatic heterocycles. The second-order valence-electron chi connectivity index (χ2n) is 14.6. The Balaban J connectivity index is 0.000000121. The molecule has 0 radical (unpaired) electrons. The maximum Gasteiger partial charge on any atom is 0.198 e. The predicted molar refractivity (Wildman–Crippen MR) is 247 cm³/mol. The van der Waals surface area contributed by atoms with Gasteiger partial charge in [-0.05, 0) is 71.8 Å². The van der Waals surface area contributed by atoms with E-state index in [-0.39, 0.29) is 12.4 Å². The van der Waals surface area contributed by atoms with Crippen molar-refractivity contribution in [2.24, 2.45) is 0 Å². The minimum atomic E-state index is -0.00130. The van der Waals surface area contributed by atoms with Gasteiger partial charge in [-0.2, -0.15) is 0 Å². The zero-order chi connectivity index (χ0) is 40.0. The maximum atomic E-state index is 5.93. The summed E-state index contributed by atoms with van der Waals surface area (Å²) in [5.74, 6) is 0.957. The number of hydrogen-bond donors (Lipinski definition) is 0. The van der Waals surface area contributed by atoms with Crippen molar-refractivity contribution in [2.75, 3.05) is 33.7 Å². The third-order valence-electron chi connectivity index (χ3n) is 10.9. The number of hydrogen-bond acceptors (Lipinski definition) is 6. The van der Waals surface area contributed by atoms with E-state index in [4.69, 9.17) is 4.74 Å². The van der Waals surface area contributed by atoms with Crippen LogP contribution in [0.25, 0.3) is 0 Å². The topological polar surface area (TPSA) is 22.2 Å². The number of rotatable bonds is 5. The summed E-state index contributed by atoms with van der Waals surface area (Å²) >= 11 is 1.92. The van der Waals surface area contributed by atoms with Crippen molar-refractivity contribution in [2.45, 2.75) is 22.7 Å². The van der Waals surface area contributed by atoms with E-state index < -0.39 is 0 Å². The van der Waals surface area contributed by atoms with E-state index >= 15 is 0 Å². The molecule has 59 heavy (non-hydrogen) atoms. The fourth-order valence-corrected chi connectivity index (χ4v) is 9.37. The molecule has 8 aromatic rings. The molecule has 5 nitrogen and oxygen atoms in total. The Kier molecular flexibility index (Phi) is 11.1. The lowest BCUT2D eigenvalue weighted by molar-refractivity contribution is 0.235. The van der Waals surface area contributed by atoms with Crippen molar-refractivity contribution >= 4 is 45.9 Å². The summed E-state index contributed by atoms with van der Waals surface area (Å²) in [5.41, 5.74) is 11.1. The van der Waals surface area contributed by atoms with Gasteiger partial charge in [0.25, 0.3) is 0 Å². The van der Waals surface area contributed by atoms with Crippen LogP contribution in [0, 0.1) is 0 Å². The molecule has 3 aliphatic rings. The van der Waals surface area contributed by atoms with Gasteiger partial charge >= 0.3 is 0 Å². The molecule has 0 saturated carbocycles. The number of ether oxygens (including phenoxy) is 1. The van der Waals surface area contributed by atoms with Crippen molar-refractivity contribution in [3.05, 3.63) is 241 Å². The molecule has 0 bridgehead atoms. The van der Waals surface area contributed by atoms with Crippen LogP contribution in [0.5, 0.6) is 5.75 Å². The van der Waals surface area contributed by atoms with E-state index in [1.54, 1.807) is 0 Å². The summed E-state index contributed by atoms with van der Waals surface area (Å²) in [6, 6.07) is 78.3. The Morgan fingerprint density at radius 2 is 0.780 bits per heavy atom. The molecule has 3 aliphatic heterocycles. The summed E-state index contributed by atoms with van der Waals surface area (Å²) in [5, 5.41) is 0.415. The minimum absolute atomic E-state index is 0.00130. The monoisotopic (exact) mass is 786 g/mol. The lowest BCUT2D eigenvalue weighted by Gasteiger charge is -2.33. The van der Waals surface area contributed by atoms with Crippen LogP contribution in [0.15, 0.2) is 229 Å². The first-order chi connectivity index (χ1) is 29.2. The maximum absolute atomic E-state index is 5.93. The summed E-state index contributed by atoms with van der Waals surface area (Å²) in [6.07, 6.45) is 0.0620. The van der Waals surface area contributed by atoms with Gasteiger partial charge < -0.3 is 24.3 Å². The SMILES string of the molecule is CN1c2ccccc2OC1c1ccccc1.CN1c2ccccc2SC1c1ccccc1.c1ccc(C2N(c3ccccc3)c3ccccc3N2c2ccccc2)cc1.